The van der Waals surface area contributed by atoms with Crippen LogP contribution in [0.3, 0.4) is 0 Å². The summed E-state index contributed by atoms with van der Waals surface area (Å²) < 4.78 is -0.318. The summed E-state index contributed by atoms with van der Waals surface area (Å²) in [4.78, 5) is 23.9. The number of imide groups is 1. The van der Waals surface area contributed by atoms with Gasteiger partial charge in [-0.05, 0) is 12.8 Å². The van der Waals surface area contributed by atoms with Gasteiger partial charge in [0.1, 0.15) is 0 Å². The van der Waals surface area contributed by atoms with Crippen LogP contribution in [-0.4, -0.2) is 26.5 Å². The molecule has 0 unspecified atom stereocenters. The maximum atomic E-state index is 11.5. The number of likely N-dealkylation sites (tertiary alicyclic amines) is 1. The van der Waals surface area contributed by atoms with Gasteiger partial charge in [-0.3, -0.25) is 14.5 Å². The number of nitrogens with zero attached hydrogens (tertiary/aromatic N) is 1. The summed E-state index contributed by atoms with van der Waals surface area (Å²) in [6, 6.07) is 0. The van der Waals surface area contributed by atoms with Gasteiger partial charge in [0.25, 0.3) is 0 Å². The molecule has 0 radical (unpaired) electrons. The van der Waals surface area contributed by atoms with E-state index in [1.54, 1.807) is 0 Å². The van der Waals surface area contributed by atoms with Crippen molar-refractivity contribution in [2.75, 3.05) is 6.54 Å². The highest BCUT2D eigenvalue weighted by molar-refractivity contribution is 9.25. The molecule has 1 saturated heterocycles. The highest BCUT2D eigenvalue weighted by Gasteiger charge is 2.33. The summed E-state index contributed by atoms with van der Waals surface area (Å²) in [5, 5.41) is 0. The van der Waals surface area contributed by atoms with E-state index >= 15 is 0 Å². The Morgan fingerprint density at radius 2 is 2.15 bits per heavy atom. The van der Waals surface area contributed by atoms with Crippen molar-refractivity contribution in [2.24, 2.45) is 0 Å². The van der Waals surface area contributed by atoms with Crippen molar-refractivity contribution >= 4 is 43.7 Å². The van der Waals surface area contributed by atoms with Crippen molar-refractivity contribution < 1.29 is 9.59 Å². The quantitative estimate of drug-likeness (QED) is 0.642. The first kappa shape index (κ1) is 11.2. The summed E-state index contributed by atoms with van der Waals surface area (Å²) in [5.41, 5.74) is 0. The minimum absolute atomic E-state index is 0.112. The van der Waals surface area contributed by atoms with Crippen LogP contribution in [0.2, 0.25) is 0 Å². The molecule has 2 amide bonds. The van der Waals surface area contributed by atoms with E-state index in [0.29, 0.717) is 13.0 Å². The first-order valence-electron chi connectivity index (χ1n) is 4.11. The molecule has 1 heterocycles. The molecule has 0 aromatic rings. The van der Waals surface area contributed by atoms with Crippen molar-refractivity contribution in [3.8, 4) is 0 Å². The van der Waals surface area contributed by atoms with E-state index in [0.717, 1.165) is 12.8 Å². The molecular weight excluding hydrogens is 302 g/mol. The summed E-state index contributed by atoms with van der Waals surface area (Å²) in [6.45, 7) is 1.96. The van der Waals surface area contributed by atoms with Crippen LogP contribution >= 0.6 is 31.9 Å². The topological polar surface area (TPSA) is 37.4 Å². The molecule has 0 atom stereocenters. The van der Waals surface area contributed by atoms with Gasteiger partial charge < -0.3 is 0 Å². The zero-order valence-corrected chi connectivity index (χ0v) is 10.5. The van der Waals surface area contributed by atoms with Crippen molar-refractivity contribution in [1.29, 1.82) is 0 Å². The lowest BCUT2D eigenvalue weighted by molar-refractivity contribution is -0.142. The number of amides is 2. The minimum Gasteiger partial charge on any atom is -0.283 e. The highest BCUT2D eigenvalue weighted by Crippen LogP contribution is 2.37. The van der Waals surface area contributed by atoms with Crippen LogP contribution in [0.25, 0.3) is 0 Å². The zero-order valence-electron chi connectivity index (χ0n) is 7.35. The summed E-state index contributed by atoms with van der Waals surface area (Å²) in [5.74, 6) is -0.276. The van der Waals surface area contributed by atoms with E-state index in [2.05, 4.69) is 31.9 Å². The van der Waals surface area contributed by atoms with Crippen molar-refractivity contribution in [3.63, 3.8) is 0 Å². The molecule has 0 aromatic heterocycles. The smallest absolute Gasteiger partial charge is 0.231 e. The Hall–Kier alpha value is 0.1000. The van der Waals surface area contributed by atoms with Gasteiger partial charge in [-0.25, -0.2) is 0 Å². The molecule has 0 N–H and O–H groups in total. The number of carbonyl (C=O) groups excluding carboxylic acids is 2. The molecular formula is C8H11Br2NO2. The van der Waals surface area contributed by atoms with Gasteiger partial charge in [0.2, 0.25) is 11.8 Å². The van der Waals surface area contributed by atoms with Crippen LogP contribution in [0.5, 0.6) is 0 Å². The fourth-order valence-electron chi connectivity index (χ4n) is 1.36. The summed E-state index contributed by atoms with van der Waals surface area (Å²) in [7, 11) is 0. The highest BCUT2D eigenvalue weighted by atomic mass is 79.9. The Morgan fingerprint density at radius 3 is 2.69 bits per heavy atom. The average Bonchev–Trinajstić information content (AvgIpc) is 2.06. The standard InChI is InChI=1S/C8H11Br2NO2/c1-6(12)11-4-2-3-8(9,10)5-7(11)13/h2-5H2,1H3. The van der Waals surface area contributed by atoms with E-state index in [1.807, 2.05) is 0 Å². The molecule has 1 rings (SSSR count). The maximum Gasteiger partial charge on any atom is 0.231 e. The second kappa shape index (κ2) is 4.09. The third-order valence-corrected chi connectivity index (χ3v) is 3.37. The Balaban J connectivity index is 2.74. The molecule has 5 heteroatoms. The first-order chi connectivity index (χ1) is 5.92. The lowest BCUT2D eigenvalue weighted by Gasteiger charge is -2.17. The van der Waals surface area contributed by atoms with Crippen LogP contribution in [0.4, 0.5) is 0 Å². The van der Waals surface area contributed by atoms with Crippen molar-refractivity contribution in [2.45, 2.75) is 29.4 Å². The Labute approximate surface area is 94.1 Å². The summed E-state index contributed by atoms with van der Waals surface area (Å²) >= 11 is 6.83. The van der Waals surface area contributed by atoms with Crippen LogP contribution in [0.15, 0.2) is 0 Å². The second-order valence-electron chi connectivity index (χ2n) is 3.20. The van der Waals surface area contributed by atoms with E-state index in [1.165, 1.54) is 11.8 Å². The number of hydrogen-bond donors (Lipinski definition) is 0. The fourth-order valence-corrected chi connectivity index (χ4v) is 2.40. The number of alkyl halides is 2. The second-order valence-corrected chi connectivity index (χ2v) is 7.30. The zero-order chi connectivity index (χ0) is 10.1. The third kappa shape index (κ3) is 3.06. The third-order valence-electron chi connectivity index (χ3n) is 2.02. The van der Waals surface area contributed by atoms with Crippen molar-refractivity contribution in [1.82, 2.24) is 4.90 Å². The number of halogens is 2. The van der Waals surface area contributed by atoms with Crippen LogP contribution in [0, 0.1) is 0 Å². The SMILES string of the molecule is CC(=O)N1CCCC(Br)(Br)CC1=O. The monoisotopic (exact) mass is 311 g/mol. The molecule has 0 aliphatic carbocycles. The number of hydrogen-bond acceptors (Lipinski definition) is 2. The van der Waals surface area contributed by atoms with Crippen LogP contribution < -0.4 is 0 Å². The predicted molar refractivity (Wildman–Crippen MR) is 56.8 cm³/mol. The van der Waals surface area contributed by atoms with Gasteiger partial charge in [-0.15, -0.1) is 0 Å². The van der Waals surface area contributed by atoms with Gasteiger partial charge >= 0.3 is 0 Å². The number of carbonyl (C=O) groups is 2. The van der Waals surface area contributed by atoms with Gasteiger partial charge in [0.05, 0.1) is 9.65 Å². The number of rotatable bonds is 0. The Bertz CT molecular complexity index is 240. The average molecular weight is 313 g/mol. The van der Waals surface area contributed by atoms with Crippen LogP contribution in [0.1, 0.15) is 26.2 Å². The molecule has 1 aliphatic rings. The van der Waals surface area contributed by atoms with E-state index < -0.39 is 0 Å². The Morgan fingerprint density at radius 1 is 1.54 bits per heavy atom. The predicted octanol–water partition coefficient (Wildman–Crippen LogP) is 2.03. The van der Waals surface area contributed by atoms with E-state index in [4.69, 9.17) is 0 Å². The molecule has 13 heavy (non-hydrogen) atoms. The molecule has 74 valence electrons. The largest absolute Gasteiger partial charge is 0.283 e. The van der Waals surface area contributed by atoms with Crippen molar-refractivity contribution in [3.05, 3.63) is 0 Å². The minimum atomic E-state index is -0.318. The van der Waals surface area contributed by atoms with Gasteiger partial charge in [-0.1, -0.05) is 31.9 Å². The molecule has 0 saturated carbocycles. The van der Waals surface area contributed by atoms with Gasteiger partial charge in [0, 0.05) is 13.5 Å². The lowest BCUT2D eigenvalue weighted by atomic mass is 10.2. The summed E-state index contributed by atoms with van der Waals surface area (Å²) in [6.07, 6.45) is 2.01. The normalized spacial score (nSPS) is 22.7. The molecule has 0 aromatic carbocycles. The molecule has 3 nitrogen and oxygen atoms in total. The van der Waals surface area contributed by atoms with Gasteiger partial charge in [-0.2, -0.15) is 0 Å². The van der Waals surface area contributed by atoms with E-state index in [-0.39, 0.29) is 15.0 Å². The molecule has 1 aliphatic heterocycles. The lowest BCUT2D eigenvalue weighted by Crippen LogP contribution is -2.35. The van der Waals surface area contributed by atoms with E-state index in [9.17, 15) is 9.59 Å². The Kier molecular flexibility index (Phi) is 3.51. The first-order valence-corrected chi connectivity index (χ1v) is 5.70. The van der Waals surface area contributed by atoms with Crippen LogP contribution in [-0.2, 0) is 9.59 Å². The molecule has 0 spiro atoms. The maximum absolute atomic E-state index is 11.5. The molecule has 1 fully saturated rings. The molecule has 0 bridgehead atoms. The fraction of sp³-hybridized carbons (Fsp3) is 0.750. The van der Waals surface area contributed by atoms with Gasteiger partial charge in [0.15, 0.2) is 0 Å².